The van der Waals surface area contributed by atoms with Crippen molar-refractivity contribution in [2.75, 3.05) is 26.2 Å². The summed E-state index contributed by atoms with van der Waals surface area (Å²) in [6, 6.07) is 1.35. The third kappa shape index (κ3) is 2.83. The Labute approximate surface area is 150 Å². The highest BCUT2D eigenvalue weighted by molar-refractivity contribution is 7.20. The van der Waals surface area contributed by atoms with Crippen LogP contribution in [-0.4, -0.2) is 58.7 Å². The van der Waals surface area contributed by atoms with E-state index in [1.54, 1.807) is 11.6 Å². The smallest absolute Gasteiger partial charge is 0.262 e. The van der Waals surface area contributed by atoms with Gasteiger partial charge in [-0.05, 0) is 31.7 Å². The molecule has 1 unspecified atom stereocenters. The molecular formula is C17H23N5O2S. The number of carbonyl (C=O) groups is 2. The molecular weight excluding hydrogens is 338 g/mol. The van der Waals surface area contributed by atoms with E-state index in [0.717, 1.165) is 42.1 Å². The minimum absolute atomic E-state index is 0.0155. The number of aromatic nitrogens is 2. The summed E-state index contributed by atoms with van der Waals surface area (Å²) in [5.41, 5.74) is 0.911. The van der Waals surface area contributed by atoms with Crippen LogP contribution in [-0.2, 0) is 11.8 Å². The Bertz CT molecular complexity index is 795. The lowest BCUT2D eigenvalue weighted by Crippen LogP contribution is -2.46. The van der Waals surface area contributed by atoms with Gasteiger partial charge in [0, 0.05) is 38.6 Å². The van der Waals surface area contributed by atoms with Gasteiger partial charge in [0.25, 0.3) is 5.91 Å². The quantitative estimate of drug-likeness (QED) is 0.845. The van der Waals surface area contributed by atoms with Gasteiger partial charge in [0.2, 0.25) is 5.91 Å². The minimum Gasteiger partial charge on any atom is -0.340 e. The maximum Gasteiger partial charge on any atom is 0.262 e. The van der Waals surface area contributed by atoms with Gasteiger partial charge in [0.15, 0.2) is 0 Å². The van der Waals surface area contributed by atoms with Crippen LogP contribution in [0.25, 0.3) is 10.2 Å². The summed E-state index contributed by atoms with van der Waals surface area (Å²) >= 11 is 1.41. The van der Waals surface area contributed by atoms with E-state index in [-0.39, 0.29) is 11.8 Å². The van der Waals surface area contributed by atoms with Crippen molar-refractivity contribution in [3.05, 3.63) is 16.6 Å². The number of nitrogens with zero attached hydrogens (tertiary/aromatic N) is 3. The molecule has 0 aliphatic carbocycles. The van der Waals surface area contributed by atoms with E-state index in [9.17, 15) is 9.59 Å². The van der Waals surface area contributed by atoms with Crippen molar-refractivity contribution >= 4 is 33.4 Å². The van der Waals surface area contributed by atoms with Gasteiger partial charge in [-0.3, -0.25) is 14.3 Å². The molecule has 0 aromatic carbocycles. The Hall–Kier alpha value is -1.93. The highest BCUT2D eigenvalue weighted by atomic mass is 32.1. The second-order valence-corrected chi connectivity index (χ2v) is 8.19. The number of rotatable bonds is 3. The maximum absolute atomic E-state index is 12.7. The molecule has 0 radical (unpaired) electrons. The summed E-state index contributed by atoms with van der Waals surface area (Å²) in [4.78, 5) is 28.7. The van der Waals surface area contributed by atoms with E-state index in [0.29, 0.717) is 16.7 Å². The third-order valence-corrected chi connectivity index (χ3v) is 6.54. The van der Waals surface area contributed by atoms with Gasteiger partial charge in [0.1, 0.15) is 10.9 Å². The highest BCUT2D eigenvalue weighted by Crippen LogP contribution is 2.28. The van der Waals surface area contributed by atoms with Crippen LogP contribution < -0.4 is 10.6 Å². The standard InChI is InChI=1S/C17H23N5O2S/c1-9-13-4-14(25-17(13)21(3)20-9)15(23)19-10(2)16(24)22-7-11-5-18-6-12(11)8-22/h4,10-12,18H,5-8H2,1-3H3,(H,19,23)/t10?,11-,12+. The van der Waals surface area contributed by atoms with Gasteiger partial charge < -0.3 is 15.5 Å². The number of aryl methyl sites for hydroxylation is 2. The van der Waals surface area contributed by atoms with Gasteiger partial charge in [-0.25, -0.2) is 0 Å². The zero-order chi connectivity index (χ0) is 17.7. The van der Waals surface area contributed by atoms with Crippen LogP contribution in [0.2, 0.25) is 0 Å². The zero-order valence-corrected chi connectivity index (χ0v) is 15.5. The zero-order valence-electron chi connectivity index (χ0n) is 14.7. The first-order chi connectivity index (χ1) is 11.9. The topological polar surface area (TPSA) is 79.3 Å². The molecule has 2 aromatic rings. The summed E-state index contributed by atoms with van der Waals surface area (Å²) in [6.45, 7) is 7.28. The van der Waals surface area contributed by atoms with Crippen LogP contribution in [0, 0.1) is 18.8 Å². The van der Waals surface area contributed by atoms with Crippen molar-refractivity contribution in [1.82, 2.24) is 25.3 Å². The van der Waals surface area contributed by atoms with Gasteiger partial charge in [-0.15, -0.1) is 11.3 Å². The van der Waals surface area contributed by atoms with Crippen LogP contribution in [0.3, 0.4) is 0 Å². The number of thiophene rings is 1. The predicted octanol–water partition coefficient (Wildman–Crippen LogP) is 0.739. The maximum atomic E-state index is 12.7. The Morgan fingerprint density at radius 3 is 2.68 bits per heavy atom. The molecule has 0 saturated carbocycles. The van der Waals surface area contributed by atoms with E-state index in [4.69, 9.17) is 0 Å². The highest BCUT2D eigenvalue weighted by Gasteiger charge is 2.39. The molecule has 25 heavy (non-hydrogen) atoms. The SMILES string of the molecule is Cc1nn(C)c2sc(C(=O)NC(C)C(=O)N3C[C@H]4CNC[C@H]4C3)cc12. The summed E-state index contributed by atoms with van der Waals surface area (Å²) in [5.74, 6) is 0.944. The number of fused-ring (bicyclic) bond motifs is 2. The van der Waals surface area contributed by atoms with Gasteiger partial charge in [-0.2, -0.15) is 5.10 Å². The van der Waals surface area contributed by atoms with Gasteiger partial charge in [0.05, 0.1) is 10.6 Å². The average Bonchev–Trinajstić information content (AvgIpc) is 3.29. The van der Waals surface area contributed by atoms with E-state index < -0.39 is 6.04 Å². The number of nitrogens with one attached hydrogen (secondary N) is 2. The first kappa shape index (κ1) is 16.5. The first-order valence-electron chi connectivity index (χ1n) is 8.67. The van der Waals surface area contributed by atoms with E-state index >= 15 is 0 Å². The normalized spacial score (nSPS) is 23.9. The fourth-order valence-electron chi connectivity index (χ4n) is 3.96. The number of hydrogen-bond acceptors (Lipinski definition) is 5. The number of hydrogen-bond donors (Lipinski definition) is 2. The van der Waals surface area contributed by atoms with Crippen LogP contribution in [0.15, 0.2) is 6.07 Å². The lowest BCUT2D eigenvalue weighted by molar-refractivity contribution is -0.132. The average molecular weight is 361 g/mol. The molecule has 0 bridgehead atoms. The van der Waals surface area contributed by atoms with Crippen molar-refractivity contribution in [1.29, 1.82) is 0 Å². The van der Waals surface area contributed by atoms with Crippen LogP contribution >= 0.6 is 11.3 Å². The van der Waals surface area contributed by atoms with Crippen molar-refractivity contribution in [3.63, 3.8) is 0 Å². The van der Waals surface area contributed by atoms with Crippen LogP contribution in [0.5, 0.6) is 0 Å². The minimum atomic E-state index is -0.510. The summed E-state index contributed by atoms with van der Waals surface area (Å²) in [7, 11) is 1.87. The molecule has 2 amide bonds. The Balaban J connectivity index is 1.42. The molecule has 134 valence electrons. The fourth-order valence-corrected chi connectivity index (χ4v) is 4.98. The lowest BCUT2D eigenvalue weighted by atomic mass is 10.0. The largest absolute Gasteiger partial charge is 0.340 e. The molecule has 2 aromatic heterocycles. The molecule has 2 N–H and O–H groups in total. The van der Waals surface area contributed by atoms with E-state index in [1.807, 2.05) is 24.9 Å². The van der Waals surface area contributed by atoms with Crippen molar-refractivity contribution in [3.8, 4) is 0 Å². The van der Waals surface area contributed by atoms with Crippen molar-refractivity contribution in [2.24, 2.45) is 18.9 Å². The third-order valence-electron chi connectivity index (χ3n) is 5.34. The van der Waals surface area contributed by atoms with Crippen LogP contribution in [0.4, 0.5) is 0 Å². The summed E-state index contributed by atoms with van der Waals surface area (Å²) in [5, 5.41) is 11.6. The Morgan fingerprint density at radius 1 is 1.36 bits per heavy atom. The molecule has 0 spiro atoms. The summed E-state index contributed by atoms with van der Waals surface area (Å²) < 4.78 is 1.79. The van der Waals surface area contributed by atoms with Crippen LogP contribution in [0.1, 0.15) is 22.3 Å². The lowest BCUT2D eigenvalue weighted by Gasteiger charge is -2.22. The Kier molecular flexibility index (Phi) is 4.04. The number of likely N-dealkylation sites (tertiary alicyclic amines) is 1. The van der Waals surface area contributed by atoms with Gasteiger partial charge in [-0.1, -0.05) is 0 Å². The molecule has 7 nitrogen and oxygen atoms in total. The van der Waals surface area contributed by atoms with E-state index in [1.165, 1.54) is 11.3 Å². The van der Waals surface area contributed by atoms with Crippen molar-refractivity contribution < 1.29 is 9.59 Å². The second-order valence-electron chi connectivity index (χ2n) is 7.16. The number of carbonyl (C=O) groups excluding carboxylic acids is 2. The molecule has 8 heteroatoms. The van der Waals surface area contributed by atoms with E-state index in [2.05, 4.69) is 15.7 Å². The molecule has 2 aliphatic rings. The fraction of sp³-hybridized carbons (Fsp3) is 0.588. The summed E-state index contributed by atoms with van der Waals surface area (Å²) in [6.07, 6.45) is 0. The number of amides is 2. The Morgan fingerprint density at radius 2 is 2.04 bits per heavy atom. The molecule has 2 saturated heterocycles. The molecule has 2 aliphatic heterocycles. The van der Waals surface area contributed by atoms with Gasteiger partial charge >= 0.3 is 0 Å². The monoisotopic (exact) mass is 361 g/mol. The molecule has 3 atom stereocenters. The molecule has 4 heterocycles. The predicted molar refractivity (Wildman–Crippen MR) is 96.7 cm³/mol. The molecule has 4 rings (SSSR count). The first-order valence-corrected chi connectivity index (χ1v) is 9.49. The van der Waals surface area contributed by atoms with Crippen molar-refractivity contribution in [2.45, 2.75) is 19.9 Å². The molecule has 2 fully saturated rings. The second kappa shape index (κ2) is 6.10.